The van der Waals surface area contributed by atoms with Crippen LogP contribution >= 0.6 is 0 Å². The van der Waals surface area contributed by atoms with Crippen LogP contribution in [0.4, 0.5) is 13.2 Å². The van der Waals surface area contributed by atoms with Gasteiger partial charge in [-0.25, -0.2) is 0 Å². The summed E-state index contributed by atoms with van der Waals surface area (Å²) in [5.74, 6) is 0. The fourth-order valence-electron chi connectivity index (χ4n) is 2.15. The SMILES string of the molecule is CC1(C)OB(C(=Cc2cc(C(F)(F)F)c[nH]c2=O)CO)OC1(C)C. The van der Waals surface area contributed by atoms with E-state index in [4.69, 9.17) is 9.31 Å². The number of hydrogen-bond donors (Lipinski definition) is 2. The lowest BCUT2D eigenvalue weighted by molar-refractivity contribution is -0.137. The minimum atomic E-state index is -4.59. The van der Waals surface area contributed by atoms with Crippen LogP contribution in [-0.4, -0.2) is 35.0 Å². The van der Waals surface area contributed by atoms with Gasteiger partial charge in [0.2, 0.25) is 0 Å². The number of aromatic amines is 1. The van der Waals surface area contributed by atoms with E-state index in [0.29, 0.717) is 6.20 Å². The molecule has 9 heteroatoms. The maximum absolute atomic E-state index is 12.8. The molecule has 0 bridgehead atoms. The molecule has 0 amide bonds. The van der Waals surface area contributed by atoms with Gasteiger partial charge in [0, 0.05) is 11.8 Å². The molecule has 1 aromatic heterocycles. The van der Waals surface area contributed by atoms with E-state index in [1.807, 2.05) is 4.98 Å². The minimum absolute atomic E-state index is 0.165. The number of aliphatic hydroxyl groups is 1. The van der Waals surface area contributed by atoms with Crippen molar-refractivity contribution in [1.29, 1.82) is 0 Å². The molecule has 5 nitrogen and oxygen atoms in total. The molecule has 132 valence electrons. The topological polar surface area (TPSA) is 71.6 Å². The fourth-order valence-corrected chi connectivity index (χ4v) is 2.15. The van der Waals surface area contributed by atoms with Crippen LogP contribution in [0.1, 0.15) is 38.8 Å². The number of H-pyrrole nitrogens is 1. The maximum Gasteiger partial charge on any atom is 0.492 e. The quantitative estimate of drug-likeness (QED) is 0.826. The molecule has 1 aliphatic rings. The van der Waals surface area contributed by atoms with E-state index in [2.05, 4.69) is 0 Å². The number of aliphatic hydroxyl groups excluding tert-OH is 1. The Morgan fingerprint density at radius 3 is 2.29 bits per heavy atom. The van der Waals surface area contributed by atoms with Gasteiger partial charge in [-0.3, -0.25) is 4.79 Å². The van der Waals surface area contributed by atoms with Crippen molar-refractivity contribution in [1.82, 2.24) is 4.98 Å². The lowest BCUT2D eigenvalue weighted by Crippen LogP contribution is -2.41. The summed E-state index contributed by atoms with van der Waals surface area (Å²) in [4.78, 5) is 13.8. The molecule has 2 heterocycles. The molecular weight excluding hydrogens is 326 g/mol. The normalized spacial score (nSPS) is 20.5. The van der Waals surface area contributed by atoms with Crippen molar-refractivity contribution in [3.05, 3.63) is 39.2 Å². The number of rotatable bonds is 3. The Morgan fingerprint density at radius 1 is 1.29 bits per heavy atom. The third kappa shape index (κ3) is 3.58. The summed E-state index contributed by atoms with van der Waals surface area (Å²) < 4.78 is 49.8. The van der Waals surface area contributed by atoms with Gasteiger partial charge in [0.1, 0.15) is 0 Å². The summed E-state index contributed by atoms with van der Waals surface area (Å²) in [6.45, 7) is 6.70. The van der Waals surface area contributed by atoms with Gasteiger partial charge in [0.15, 0.2) is 0 Å². The zero-order valence-electron chi connectivity index (χ0n) is 13.8. The zero-order chi connectivity index (χ0) is 18.3. The number of nitrogens with one attached hydrogen (secondary N) is 1. The van der Waals surface area contributed by atoms with Crippen LogP contribution in [0.3, 0.4) is 0 Å². The van der Waals surface area contributed by atoms with Crippen LogP contribution in [0.5, 0.6) is 0 Å². The maximum atomic E-state index is 12.8. The molecule has 0 atom stereocenters. The average Bonchev–Trinajstić information content (AvgIpc) is 2.65. The second-order valence-corrected chi connectivity index (χ2v) is 6.64. The highest BCUT2D eigenvalue weighted by Crippen LogP contribution is 2.38. The van der Waals surface area contributed by atoms with E-state index < -0.39 is 42.2 Å². The van der Waals surface area contributed by atoms with E-state index in [1.165, 1.54) is 0 Å². The minimum Gasteiger partial charge on any atom is -0.400 e. The van der Waals surface area contributed by atoms with Crippen molar-refractivity contribution in [2.24, 2.45) is 0 Å². The molecule has 24 heavy (non-hydrogen) atoms. The first kappa shape index (κ1) is 18.8. The van der Waals surface area contributed by atoms with Crippen LogP contribution in [-0.2, 0) is 15.5 Å². The molecule has 1 fully saturated rings. The standard InChI is InChI=1S/C15H19BF3NO4/c1-13(2)14(3,4)24-16(23-13)11(8-21)6-9-5-10(15(17,18)19)7-20-12(9)22/h5-7,21H,8H2,1-4H3,(H,20,22). The van der Waals surface area contributed by atoms with Gasteiger partial charge in [0.25, 0.3) is 5.56 Å². The lowest BCUT2D eigenvalue weighted by atomic mass is 9.77. The van der Waals surface area contributed by atoms with Gasteiger partial charge in [-0.05, 0) is 39.2 Å². The molecule has 0 aromatic carbocycles. The second-order valence-electron chi connectivity index (χ2n) is 6.64. The smallest absolute Gasteiger partial charge is 0.400 e. The third-order valence-electron chi connectivity index (χ3n) is 4.34. The van der Waals surface area contributed by atoms with Crippen molar-refractivity contribution in [3.63, 3.8) is 0 Å². The first-order valence-electron chi connectivity index (χ1n) is 7.34. The van der Waals surface area contributed by atoms with Crippen LogP contribution < -0.4 is 5.56 Å². The Bertz CT molecular complexity index is 693. The molecule has 0 aliphatic carbocycles. The Labute approximate surface area is 137 Å². The van der Waals surface area contributed by atoms with Crippen LogP contribution in [0.15, 0.2) is 22.5 Å². The molecule has 0 saturated carbocycles. The molecular formula is C15H19BF3NO4. The number of halogens is 3. The van der Waals surface area contributed by atoms with Gasteiger partial charge in [-0.1, -0.05) is 6.08 Å². The van der Waals surface area contributed by atoms with Crippen molar-refractivity contribution in [2.45, 2.75) is 45.1 Å². The summed E-state index contributed by atoms with van der Waals surface area (Å²) in [5, 5.41) is 9.55. The van der Waals surface area contributed by atoms with Crippen LogP contribution in [0.25, 0.3) is 6.08 Å². The number of pyridine rings is 1. The molecule has 1 saturated heterocycles. The van der Waals surface area contributed by atoms with Gasteiger partial charge >= 0.3 is 13.3 Å². The molecule has 1 aromatic rings. The van der Waals surface area contributed by atoms with E-state index in [1.54, 1.807) is 27.7 Å². The second kappa shape index (κ2) is 6.05. The van der Waals surface area contributed by atoms with Gasteiger partial charge < -0.3 is 19.4 Å². The van der Waals surface area contributed by atoms with E-state index in [0.717, 1.165) is 12.1 Å². The first-order chi connectivity index (χ1) is 10.9. The highest BCUT2D eigenvalue weighted by Gasteiger charge is 2.52. The summed E-state index contributed by atoms with van der Waals surface area (Å²) in [5.41, 5.74) is -3.11. The van der Waals surface area contributed by atoms with Crippen LogP contribution in [0.2, 0.25) is 0 Å². The molecule has 0 radical (unpaired) electrons. The van der Waals surface area contributed by atoms with E-state index in [9.17, 15) is 23.1 Å². The highest BCUT2D eigenvalue weighted by atomic mass is 19.4. The summed E-state index contributed by atoms with van der Waals surface area (Å²) in [6.07, 6.45) is -2.82. The van der Waals surface area contributed by atoms with Gasteiger partial charge in [-0.15, -0.1) is 0 Å². The zero-order valence-corrected chi connectivity index (χ0v) is 13.8. The highest BCUT2D eigenvalue weighted by molar-refractivity contribution is 6.55. The van der Waals surface area contributed by atoms with Crippen molar-refractivity contribution in [3.8, 4) is 0 Å². The van der Waals surface area contributed by atoms with E-state index >= 15 is 0 Å². The summed E-state index contributed by atoms with van der Waals surface area (Å²) in [7, 11) is -0.950. The van der Waals surface area contributed by atoms with Gasteiger partial charge in [0.05, 0.1) is 23.4 Å². The number of hydrogen-bond acceptors (Lipinski definition) is 4. The van der Waals surface area contributed by atoms with E-state index in [-0.39, 0.29) is 11.0 Å². The predicted octanol–water partition coefficient (Wildman–Crippen LogP) is 2.40. The first-order valence-corrected chi connectivity index (χ1v) is 7.34. The van der Waals surface area contributed by atoms with Crippen molar-refractivity contribution >= 4 is 13.2 Å². The number of alkyl halides is 3. The lowest BCUT2D eigenvalue weighted by Gasteiger charge is -2.32. The molecule has 0 unspecified atom stereocenters. The van der Waals surface area contributed by atoms with Gasteiger partial charge in [-0.2, -0.15) is 13.2 Å². The molecule has 2 N–H and O–H groups in total. The summed E-state index contributed by atoms with van der Waals surface area (Å²) in [6, 6.07) is 0.722. The Hall–Kier alpha value is -1.58. The Balaban J connectivity index is 2.41. The number of aromatic nitrogens is 1. The van der Waals surface area contributed by atoms with Crippen molar-refractivity contribution < 1.29 is 27.6 Å². The Kier molecular flexibility index (Phi) is 4.73. The molecule has 2 rings (SSSR count). The largest absolute Gasteiger partial charge is 0.492 e. The molecule has 1 aliphatic heterocycles. The fraction of sp³-hybridized carbons (Fsp3) is 0.533. The monoisotopic (exact) mass is 345 g/mol. The van der Waals surface area contributed by atoms with Crippen LogP contribution in [0, 0.1) is 0 Å². The predicted molar refractivity (Wildman–Crippen MR) is 83.2 cm³/mol. The molecule has 0 spiro atoms. The average molecular weight is 345 g/mol. The van der Waals surface area contributed by atoms with Crippen molar-refractivity contribution in [2.75, 3.05) is 6.61 Å². The Morgan fingerprint density at radius 2 is 1.83 bits per heavy atom. The summed E-state index contributed by atoms with van der Waals surface area (Å²) >= 11 is 0. The third-order valence-corrected chi connectivity index (χ3v) is 4.34.